The molecule has 0 fully saturated rings. The Kier molecular flexibility index (Phi) is 8.85. The van der Waals surface area contributed by atoms with Crippen molar-refractivity contribution in [3.05, 3.63) is 133 Å². The summed E-state index contributed by atoms with van der Waals surface area (Å²) in [5.41, 5.74) is 0.721. The zero-order valence-corrected chi connectivity index (χ0v) is 22.2. The summed E-state index contributed by atoms with van der Waals surface area (Å²) < 4.78 is 10.5. The molecule has 0 aliphatic carbocycles. The van der Waals surface area contributed by atoms with Crippen molar-refractivity contribution in [3.63, 3.8) is 0 Å². The lowest BCUT2D eigenvalue weighted by atomic mass is 10.1. The molecule has 0 atom stereocenters. The van der Waals surface area contributed by atoms with Crippen LogP contribution in [0.4, 0.5) is 11.4 Å². The highest BCUT2D eigenvalue weighted by Gasteiger charge is 2.23. The van der Waals surface area contributed by atoms with E-state index in [9.17, 15) is 34.6 Å². The lowest BCUT2D eigenvalue weighted by Crippen LogP contribution is -2.15. The van der Waals surface area contributed by atoms with Crippen molar-refractivity contribution in [2.75, 3.05) is 6.61 Å². The number of ketones is 1. The lowest BCUT2D eigenvalue weighted by Gasteiger charge is -2.10. The molecule has 4 aromatic carbocycles. The van der Waals surface area contributed by atoms with Gasteiger partial charge in [-0.05, 0) is 61.5 Å². The van der Waals surface area contributed by atoms with Crippen molar-refractivity contribution in [1.29, 1.82) is 0 Å². The molecule has 0 saturated carbocycles. The van der Waals surface area contributed by atoms with E-state index in [0.29, 0.717) is 10.5 Å². The summed E-state index contributed by atoms with van der Waals surface area (Å²) in [7, 11) is 0. The number of ether oxygens (including phenoxy) is 2. The molecule has 0 radical (unpaired) electrons. The fourth-order valence-corrected chi connectivity index (χ4v) is 4.57. The maximum absolute atomic E-state index is 12.8. The van der Waals surface area contributed by atoms with E-state index in [1.165, 1.54) is 42.5 Å². The first kappa shape index (κ1) is 28.6. The second-order valence-electron chi connectivity index (χ2n) is 8.54. The van der Waals surface area contributed by atoms with E-state index in [-0.39, 0.29) is 21.8 Å². The topological polar surface area (TPSA) is 156 Å². The number of benzene rings is 4. The van der Waals surface area contributed by atoms with Gasteiger partial charge in [0.15, 0.2) is 12.4 Å². The Balaban J connectivity index is 1.40. The summed E-state index contributed by atoms with van der Waals surface area (Å²) in [5.74, 6) is -1.66. The van der Waals surface area contributed by atoms with Crippen LogP contribution in [0.15, 0.2) is 101 Å². The fraction of sp³-hybridized carbons (Fsp3) is 0.0690. The van der Waals surface area contributed by atoms with Crippen LogP contribution in [-0.4, -0.2) is 34.2 Å². The zero-order chi connectivity index (χ0) is 29.5. The minimum atomic E-state index is -0.838. The molecule has 0 unspecified atom stereocenters. The predicted octanol–water partition coefficient (Wildman–Crippen LogP) is 6.22. The maximum atomic E-state index is 12.8. The first-order valence-electron chi connectivity index (χ1n) is 11.9. The molecule has 11 nitrogen and oxygen atoms in total. The highest BCUT2D eigenvalue weighted by atomic mass is 32.2. The van der Waals surface area contributed by atoms with Crippen LogP contribution in [0.1, 0.15) is 36.6 Å². The fourth-order valence-electron chi connectivity index (χ4n) is 3.55. The van der Waals surface area contributed by atoms with Gasteiger partial charge in [-0.1, -0.05) is 41.6 Å². The van der Waals surface area contributed by atoms with Crippen LogP contribution < -0.4 is 4.74 Å². The van der Waals surface area contributed by atoms with Gasteiger partial charge in [-0.3, -0.25) is 25.0 Å². The molecule has 0 amide bonds. The summed E-state index contributed by atoms with van der Waals surface area (Å²) in [6.07, 6.45) is 0. The zero-order valence-electron chi connectivity index (χ0n) is 21.3. The SMILES string of the molecule is Cc1ccc(C(=O)Oc2ccc(C(=O)COC(=O)c3ccccc3Sc3ccc([N+](=O)[O-])cc3[N+](=O)[O-])cc2)cc1. The number of Topliss-reactive ketones (excluding diaryl/α,β-unsaturated/α-hetero) is 1. The second kappa shape index (κ2) is 12.7. The number of non-ortho nitro benzene ring substituents is 1. The van der Waals surface area contributed by atoms with E-state index in [4.69, 9.17) is 9.47 Å². The van der Waals surface area contributed by atoms with Gasteiger partial charge in [-0.15, -0.1) is 0 Å². The molecule has 0 aliphatic heterocycles. The van der Waals surface area contributed by atoms with E-state index >= 15 is 0 Å². The summed E-state index contributed by atoms with van der Waals surface area (Å²) in [6, 6.07) is 22.0. The van der Waals surface area contributed by atoms with Crippen molar-refractivity contribution < 1.29 is 33.7 Å². The Morgan fingerprint density at radius 2 is 1.41 bits per heavy atom. The third-order valence-electron chi connectivity index (χ3n) is 5.69. The van der Waals surface area contributed by atoms with Crippen molar-refractivity contribution in [2.45, 2.75) is 16.7 Å². The molecular formula is C29H20N2O9S. The van der Waals surface area contributed by atoms with Crippen molar-refractivity contribution in [3.8, 4) is 5.75 Å². The molecule has 0 N–H and O–H groups in total. The predicted molar refractivity (Wildman–Crippen MR) is 148 cm³/mol. The molecule has 0 heterocycles. The van der Waals surface area contributed by atoms with Gasteiger partial charge in [-0.25, -0.2) is 9.59 Å². The van der Waals surface area contributed by atoms with Gasteiger partial charge in [-0.2, -0.15) is 0 Å². The minimum absolute atomic E-state index is 0.0521. The van der Waals surface area contributed by atoms with E-state index in [2.05, 4.69) is 0 Å². The Hall–Kier alpha value is -5.36. The standard InChI is InChI=1S/C29H20N2O9S/c1-18-6-8-20(9-7-18)28(33)40-22-13-10-19(11-14-22)25(32)17-39-29(34)23-4-2-3-5-26(23)41-27-15-12-21(30(35)36)16-24(27)31(37)38/h2-16H,17H2,1H3. The van der Waals surface area contributed by atoms with Gasteiger partial charge in [0.1, 0.15) is 5.75 Å². The summed E-state index contributed by atoms with van der Waals surface area (Å²) >= 11 is 0.862. The first-order valence-corrected chi connectivity index (χ1v) is 12.7. The Morgan fingerprint density at radius 1 is 0.756 bits per heavy atom. The van der Waals surface area contributed by atoms with E-state index < -0.39 is 45.6 Å². The number of nitro groups is 2. The Bertz CT molecular complexity index is 1650. The van der Waals surface area contributed by atoms with Crippen LogP contribution in [0, 0.1) is 27.2 Å². The smallest absolute Gasteiger partial charge is 0.343 e. The number of nitrogens with zero attached hydrogens (tertiary/aromatic N) is 2. The van der Waals surface area contributed by atoms with E-state index in [0.717, 1.165) is 29.5 Å². The van der Waals surface area contributed by atoms with Gasteiger partial charge in [0.2, 0.25) is 0 Å². The quantitative estimate of drug-likeness (QED) is 0.0702. The van der Waals surface area contributed by atoms with Crippen molar-refractivity contribution in [2.24, 2.45) is 0 Å². The monoisotopic (exact) mass is 572 g/mol. The molecule has 12 heteroatoms. The molecule has 0 bridgehead atoms. The van der Waals surface area contributed by atoms with E-state index in [1.807, 2.05) is 6.92 Å². The van der Waals surface area contributed by atoms with Crippen molar-refractivity contribution >= 4 is 40.9 Å². The lowest BCUT2D eigenvalue weighted by molar-refractivity contribution is -0.396. The first-order chi connectivity index (χ1) is 19.6. The summed E-state index contributed by atoms with van der Waals surface area (Å²) in [4.78, 5) is 59.1. The van der Waals surface area contributed by atoms with Gasteiger partial charge < -0.3 is 9.47 Å². The number of hydrogen-bond donors (Lipinski definition) is 0. The highest BCUT2D eigenvalue weighted by Crippen LogP contribution is 2.38. The Labute approximate surface area is 237 Å². The molecule has 4 aromatic rings. The number of aryl methyl sites for hydroxylation is 1. The average molecular weight is 573 g/mol. The molecule has 41 heavy (non-hydrogen) atoms. The maximum Gasteiger partial charge on any atom is 0.343 e. The summed E-state index contributed by atoms with van der Waals surface area (Å²) in [5, 5.41) is 22.5. The Morgan fingerprint density at radius 3 is 2.07 bits per heavy atom. The van der Waals surface area contributed by atoms with Gasteiger partial charge in [0.05, 0.1) is 31.9 Å². The van der Waals surface area contributed by atoms with Gasteiger partial charge in [0, 0.05) is 16.5 Å². The third-order valence-corrected chi connectivity index (χ3v) is 6.83. The minimum Gasteiger partial charge on any atom is -0.454 e. The molecule has 0 aromatic heterocycles. The number of esters is 2. The van der Waals surface area contributed by atoms with Crippen LogP contribution in [0.3, 0.4) is 0 Å². The molecule has 4 rings (SSSR count). The number of nitro benzene ring substituents is 2. The number of carbonyl (C=O) groups excluding carboxylic acids is 3. The third kappa shape index (κ3) is 7.19. The van der Waals surface area contributed by atoms with Crippen LogP contribution in [-0.2, 0) is 4.74 Å². The van der Waals surface area contributed by atoms with Crippen LogP contribution in [0.2, 0.25) is 0 Å². The molecule has 0 aliphatic rings. The average Bonchev–Trinajstić information content (AvgIpc) is 2.96. The molecular weight excluding hydrogens is 552 g/mol. The highest BCUT2D eigenvalue weighted by molar-refractivity contribution is 7.99. The van der Waals surface area contributed by atoms with Gasteiger partial charge in [0.25, 0.3) is 11.4 Å². The number of rotatable bonds is 10. The summed E-state index contributed by atoms with van der Waals surface area (Å²) in [6.45, 7) is 1.31. The largest absolute Gasteiger partial charge is 0.454 e. The normalized spacial score (nSPS) is 10.5. The molecule has 0 saturated heterocycles. The second-order valence-corrected chi connectivity index (χ2v) is 9.63. The van der Waals surface area contributed by atoms with Gasteiger partial charge >= 0.3 is 11.9 Å². The number of carbonyl (C=O) groups is 3. The van der Waals surface area contributed by atoms with Crippen LogP contribution in [0.25, 0.3) is 0 Å². The van der Waals surface area contributed by atoms with Crippen molar-refractivity contribution in [1.82, 2.24) is 0 Å². The number of hydrogen-bond acceptors (Lipinski definition) is 10. The molecule has 0 spiro atoms. The van der Waals surface area contributed by atoms with Crippen LogP contribution in [0.5, 0.6) is 5.75 Å². The van der Waals surface area contributed by atoms with E-state index in [1.54, 1.807) is 36.4 Å². The molecule has 206 valence electrons. The van der Waals surface area contributed by atoms with Crippen LogP contribution >= 0.6 is 11.8 Å².